The molecule has 0 atom stereocenters. The topological polar surface area (TPSA) is 123 Å². The molecule has 1 heterocycles. The third-order valence-electron chi connectivity index (χ3n) is 5.21. The molecule has 4 aromatic rings. The lowest BCUT2D eigenvalue weighted by molar-refractivity contribution is 0.0696. The number of ether oxygens (including phenoxy) is 2. The normalized spacial score (nSPS) is 10.3. The minimum atomic E-state index is -1.05. The van der Waals surface area contributed by atoms with Gasteiger partial charge >= 0.3 is 5.97 Å². The van der Waals surface area contributed by atoms with E-state index in [0.717, 1.165) is 10.9 Å². The highest BCUT2D eigenvalue weighted by molar-refractivity contribution is 6.05. The van der Waals surface area contributed by atoms with Crippen molar-refractivity contribution in [3.8, 4) is 22.8 Å². The van der Waals surface area contributed by atoms with Crippen LogP contribution in [-0.2, 0) is 0 Å². The summed E-state index contributed by atoms with van der Waals surface area (Å²) in [7, 11) is 4.86. The molecule has 0 saturated carbocycles. The lowest BCUT2D eigenvalue weighted by Crippen LogP contribution is -2.12. The standard InChI is InChI=1S/C25H22N4O5.ClH/c1-26-25-28-19-13-21(34-3)20(33-2)12-18(19)22(29-25)16-5-4-6-17(11-16)27-23(30)14-7-9-15(10-8-14)24(31)32;/h4-13H,1-3H3,(H,27,30)(H,31,32)(H,26,28,29);1H. The van der Waals surface area contributed by atoms with E-state index >= 15 is 0 Å². The van der Waals surface area contributed by atoms with Crippen molar-refractivity contribution in [2.24, 2.45) is 0 Å². The van der Waals surface area contributed by atoms with Gasteiger partial charge in [0, 0.05) is 35.3 Å². The maximum atomic E-state index is 12.7. The van der Waals surface area contributed by atoms with Crippen LogP contribution in [0.4, 0.5) is 11.6 Å². The number of anilines is 2. The summed E-state index contributed by atoms with van der Waals surface area (Å²) in [6, 6.07) is 16.6. The van der Waals surface area contributed by atoms with E-state index in [1.807, 2.05) is 18.2 Å². The minimum Gasteiger partial charge on any atom is -0.493 e. The number of carbonyl (C=O) groups excluding carboxylic acids is 1. The van der Waals surface area contributed by atoms with Crippen LogP contribution in [0.5, 0.6) is 11.5 Å². The molecule has 0 saturated heterocycles. The predicted molar refractivity (Wildman–Crippen MR) is 136 cm³/mol. The first-order valence-electron chi connectivity index (χ1n) is 10.3. The summed E-state index contributed by atoms with van der Waals surface area (Å²) in [6.45, 7) is 0. The summed E-state index contributed by atoms with van der Waals surface area (Å²) in [5, 5.41) is 15.6. The van der Waals surface area contributed by atoms with Crippen molar-refractivity contribution >= 4 is 46.8 Å². The van der Waals surface area contributed by atoms with Gasteiger partial charge in [0.15, 0.2) is 11.5 Å². The van der Waals surface area contributed by atoms with E-state index in [-0.39, 0.29) is 23.9 Å². The number of benzene rings is 3. The Morgan fingerprint density at radius 3 is 2.17 bits per heavy atom. The minimum absolute atomic E-state index is 0. The van der Waals surface area contributed by atoms with Crippen LogP contribution in [0.1, 0.15) is 20.7 Å². The number of carboxylic acids is 1. The lowest BCUT2D eigenvalue weighted by Gasteiger charge is -2.13. The van der Waals surface area contributed by atoms with Gasteiger partial charge in [0.2, 0.25) is 5.95 Å². The van der Waals surface area contributed by atoms with Crippen molar-refractivity contribution in [2.75, 3.05) is 31.9 Å². The highest BCUT2D eigenvalue weighted by Gasteiger charge is 2.15. The first-order valence-corrected chi connectivity index (χ1v) is 10.3. The number of nitrogens with zero attached hydrogens (tertiary/aromatic N) is 2. The van der Waals surface area contributed by atoms with Crippen LogP contribution in [-0.4, -0.2) is 48.2 Å². The van der Waals surface area contributed by atoms with Gasteiger partial charge in [0.05, 0.1) is 31.0 Å². The first-order chi connectivity index (χ1) is 16.4. The quantitative estimate of drug-likeness (QED) is 0.337. The van der Waals surface area contributed by atoms with Gasteiger partial charge in [-0.2, -0.15) is 0 Å². The Labute approximate surface area is 207 Å². The molecule has 10 heteroatoms. The molecule has 0 unspecified atom stereocenters. The third-order valence-corrected chi connectivity index (χ3v) is 5.21. The molecule has 1 aromatic heterocycles. The number of rotatable bonds is 7. The van der Waals surface area contributed by atoms with E-state index in [1.165, 1.54) is 24.3 Å². The molecule has 0 fully saturated rings. The summed E-state index contributed by atoms with van der Waals surface area (Å²) < 4.78 is 10.9. The molecule has 3 aromatic carbocycles. The van der Waals surface area contributed by atoms with Crippen molar-refractivity contribution in [2.45, 2.75) is 0 Å². The fourth-order valence-corrected chi connectivity index (χ4v) is 3.50. The van der Waals surface area contributed by atoms with Crippen LogP contribution in [0.15, 0.2) is 60.7 Å². The monoisotopic (exact) mass is 494 g/mol. The van der Waals surface area contributed by atoms with Crippen molar-refractivity contribution in [3.05, 3.63) is 71.8 Å². The molecule has 35 heavy (non-hydrogen) atoms. The number of methoxy groups -OCH3 is 2. The van der Waals surface area contributed by atoms with Crippen molar-refractivity contribution in [1.82, 2.24) is 9.97 Å². The second-order valence-electron chi connectivity index (χ2n) is 7.29. The number of carbonyl (C=O) groups is 2. The van der Waals surface area contributed by atoms with E-state index in [1.54, 1.807) is 39.5 Å². The second kappa shape index (κ2) is 10.7. The molecule has 0 bridgehead atoms. The fourth-order valence-electron chi connectivity index (χ4n) is 3.50. The second-order valence-corrected chi connectivity index (χ2v) is 7.29. The molecule has 1 amide bonds. The highest BCUT2D eigenvalue weighted by atomic mass is 35.5. The summed E-state index contributed by atoms with van der Waals surface area (Å²) in [5.41, 5.74) is 3.09. The fraction of sp³-hybridized carbons (Fsp3) is 0.120. The molecule has 4 rings (SSSR count). The van der Waals surface area contributed by atoms with Crippen LogP contribution < -0.4 is 20.1 Å². The Morgan fingerprint density at radius 1 is 0.886 bits per heavy atom. The molecule has 3 N–H and O–H groups in total. The Morgan fingerprint density at radius 2 is 1.54 bits per heavy atom. The summed E-state index contributed by atoms with van der Waals surface area (Å²) in [6.07, 6.45) is 0. The van der Waals surface area contributed by atoms with E-state index in [4.69, 9.17) is 14.6 Å². The van der Waals surface area contributed by atoms with Gasteiger partial charge < -0.3 is 25.2 Å². The lowest BCUT2D eigenvalue weighted by atomic mass is 10.0. The van der Waals surface area contributed by atoms with Gasteiger partial charge in [0.25, 0.3) is 5.91 Å². The van der Waals surface area contributed by atoms with Gasteiger partial charge in [-0.15, -0.1) is 12.4 Å². The number of halogens is 1. The van der Waals surface area contributed by atoms with Crippen LogP contribution >= 0.6 is 12.4 Å². The van der Waals surface area contributed by atoms with Crippen molar-refractivity contribution < 1.29 is 24.2 Å². The van der Waals surface area contributed by atoms with Crippen LogP contribution in [0.3, 0.4) is 0 Å². The zero-order valence-corrected chi connectivity index (χ0v) is 20.0. The average Bonchev–Trinajstić information content (AvgIpc) is 2.87. The molecule has 9 nitrogen and oxygen atoms in total. The van der Waals surface area contributed by atoms with Gasteiger partial charge in [-0.1, -0.05) is 12.1 Å². The zero-order chi connectivity index (χ0) is 24.2. The molecule has 180 valence electrons. The molecule has 0 spiro atoms. The van der Waals surface area contributed by atoms with E-state index in [9.17, 15) is 9.59 Å². The Kier molecular flexibility index (Phi) is 7.73. The number of aromatic nitrogens is 2. The third kappa shape index (κ3) is 5.25. The number of aromatic carboxylic acids is 1. The SMILES string of the molecule is CNc1nc(-c2cccc(NC(=O)c3ccc(C(=O)O)cc3)c2)c2cc(OC)c(OC)cc2n1.Cl. The van der Waals surface area contributed by atoms with E-state index in [0.29, 0.717) is 39.9 Å². The maximum absolute atomic E-state index is 12.7. The van der Waals surface area contributed by atoms with Crippen LogP contribution in [0, 0.1) is 0 Å². The molecule has 0 radical (unpaired) electrons. The Bertz CT molecular complexity index is 1390. The van der Waals surface area contributed by atoms with Crippen LogP contribution in [0.2, 0.25) is 0 Å². The maximum Gasteiger partial charge on any atom is 0.335 e. The number of carboxylic acid groups (broad SMARTS) is 1. The summed E-state index contributed by atoms with van der Waals surface area (Å²) >= 11 is 0. The molecule has 0 aliphatic rings. The molecule has 0 aliphatic heterocycles. The van der Waals surface area contributed by atoms with Gasteiger partial charge in [0.1, 0.15) is 0 Å². The number of nitrogens with one attached hydrogen (secondary N) is 2. The largest absolute Gasteiger partial charge is 0.493 e. The van der Waals surface area contributed by atoms with E-state index < -0.39 is 5.97 Å². The van der Waals surface area contributed by atoms with Crippen molar-refractivity contribution in [3.63, 3.8) is 0 Å². The summed E-state index contributed by atoms with van der Waals surface area (Å²) in [5.74, 6) is 0.126. The van der Waals surface area contributed by atoms with Gasteiger partial charge in [-0.25, -0.2) is 14.8 Å². The number of fused-ring (bicyclic) bond motifs is 1. The molecule has 0 aliphatic carbocycles. The van der Waals surface area contributed by atoms with E-state index in [2.05, 4.69) is 20.6 Å². The average molecular weight is 495 g/mol. The number of hydrogen-bond donors (Lipinski definition) is 3. The van der Waals surface area contributed by atoms with Crippen LogP contribution in [0.25, 0.3) is 22.2 Å². The van der Waals surface area contributed by atoms with Gasteiger partial charge in [-0.3, -0.25) is 4.79 Å². The molecular weight excluding hydrogens is 472 g/mol. The number of hydrogen-bond acceptors (Lipinski definition) is 7. The first kappa shape index (κ1) is 25.3. The Balaban J connectivity index is 0.00000342. The smallest absolute Gasteiger partial charge is 0.335 e. The highest BCUT2D eigenvalue weighted by Crippen LogP contribution is 2.36. The van der Waals surface area contributed by atoms with Crippen molar-refractivity contribution in [1.29, 1.82) is 0 Å². The summed E-state index contributed by atoms with van der Waals surface area (Å²) in [4.78, 5) is 32.9. The predicted octanol–water partition coefficient (Wildman–Crippen LogP) is 4.73. The number of amides is 1. The van der Waals surface area contributed by atoms with Gasteiger partial charge in [-0.05, 0) is 42.5 Å². The Hall–Kier alpha value is -4.37. The molecular formula is C25H23ClN4O5. The zero-order valence-electron chi connectivity index (χ0n) is 19.2.